The molecule has 0 saturated carbocycles. The van der Waals surface area contributed by atoms with Crippen molar-refractivity contribution in [3.8, 4) is 5.88 Å². The number of carbonyl (C=O) groups excluding carboxylic acids is 2. The number of esters is 1. The van der Waals surface area contributed by atoms with Gasteiger partial charge in [0.1, 0.15) is 11.8 Å². The molecule has 1 aliphatic heterocycles. The first-order valence-corrected chi connectivity index (χ1v) is 10.6. The summed E-state index contributed by atoms with van der Waals surface area (Å²) in [6.07, 6.45) is 3.53. The largest absolute Gasteiger partial charge is 0.472 e. The second kappa shape index (κ2) is 10.3. The van der Waals surface area contributed by atoms with Crippen LogP contribution in [0.2, 0.25) is 0 Å². The van der Waals surface area contributed by atoms with Crippen molar-refractivity contribution in [1.82, 2.24) is 9.97 Å². The van der Waals surface area contributed by atoms with Crippen LogP contribution in [0.3, 0.4) is 0 Å². The number of anilines is 1. The Labute approximate surface area is 182 Å². The molecular formula is C23H29N3O5. The predicted octanol–water partition coefficient (Wildman–Crippen LogP) is 3.97. The van der Waals surface area contributed by atoms with Gasteiger partial charge in [0.2, 0.25) is 5.88 Å². The van der Waals surface area contributed by atoms with Crippen molar-refractivity contribution in [3.05, 3.63) is 40.8 Å². The number of H-pyrrole nitrogens is 1. The third-order valence-corrected chi connectivity index (χ3v) is 4.70. The lowest BCUT2D eigenvalue weighted by molar-refractivity contribution is -0.110. The van der Waals surface area contributed by atoms with Crippen LogP contribution in [0.1, 0.15) is 61.1 Å². The van der Waals surface area contributed by atoms with E-state index in [9.17, 15) is 9.59 Å². The van der Waals surface area contributed by atoms with Crippen molar-refractivity contribution in [2.75, 3.05) is 25.1 Å². The Hall–Kier alpha value is -3.13. The van der Waals surface area contributed by atoms with Crippen LogP contribution in [0.15, 0.2) is 18.2 Å². The molecule has 8 heteroatoms. The van der Waals surface area contributed by atoms with Crippen LogP contribution in [0.25, 0.3) is 11.6 Å². The van der Waals surface area contributed by atoms with Crippen LogP contribution in [0, 0.1) is 6.92 Å². The summed E-state index contributed by atoms with van der Waals surface area (Å²) in [5, 5.41) is 2.80. The normalized spacial score (nSPS) is 15.0. The van der Waals surface area contributed by atoms with Crippen molar-refractivity contribution in [1.29, 1.82) is 0 Å². The van der Waals surface area contributed by atoms with Gasteiger partial charge in [0.25, 0.3) is 5.91 Å². The lowest BCUT2D eigenvalue weighted by Crippen LogP contribution is -2.20. The molecular weight excluding hydrogens is 398 g/mol. The van der Waals surface area contributed by atoms with E-state index in [0.29, 0.717) is 47.3 Å². The molecule has 0 aliphatic carbocycles. The van der Waals surface area contributed by atoms with E-state index in [-0.39, 0.29) is 18.6 Å². The second-order valence-corrected chi connectivity index (χ2v) is 7.41. The molecule has 0 unspecified atom stereocenters. The van der Waals surface area contributed by atoms with Gasteiger partial charge in [-0.05, 0) is 45.4 Å². The fourth-order valence-electron chi connectivity index (χ4n) is 3.23. The van der Waals surface area contributed by atoms with Gasteiger partial charge in [-0.25, -0.2) is 9.78 Å². The molecule has 2 N–H and O–H groups in total. The van der Waals surface area contributed by atoms with E-state index >= 15 is 0 Å². The van der Waals surface area contributed by atoms with Gasteiger partial charge in [-0.1, -0.05) is 13.3 Å². The van der Waals surface area contributed by atoms with Gasteiger partial charge in [0.05, 0.1) is 35.7 Å². The third kappa shape index (κ3) is 5.52. The molecule has 166 valence electrons. The summed E-state index contributed by atoms with van der Waals surface area (Å²) in [7, 11) is 0. The first kappa shape index (κ1) is 22.6. The van der Waals surface area contributed by atoms with E-state index in [4.69, 9.17) is 14.2 Å². The summed E-state index contributed by atoms with van der Waals surface area (Å²) in [4.78, 5) is 32.5. The fraction of sp³-hybridized carbons (Fsp3) is 0.435. The molecule has 0 aromatic carbocycles. The fourth-order valence-corrected chi connectivity index (χ4v) is 3.23. The lowest BCUT2D eigenvalue weighted by atomic mass is 10.1. The van der Waals surface area contributed by atoms with Gasteiger partial charge in [0, 0.05) is 18.4 Å². The first-order chi connectivity index (χ1) is 14.9. The van der Waals surface area contributed by atoms with Crippen LogP contribution < -0.4 is 10.1 Å². The maximum Gasteiger partial charge on any atom is 0.340 e. The number of amides is 1. The Morgan fingerprint density at radius 3 is 2.84 bits per heavy atom. The first-order valence-electron chi connectivity index (χ1n) is 10.6. The predicted molar refractivity (Wildman–Crippen MR) is 118 cm³/mol. The van der Waals surface area contributed by atoms with Crippen molar-refractivity contribution in [2.24, 2.45) is 0 Å². The molecule has 2 aromatic heterocycles. The number of ether oxygens (including phenoxy) is 3. The highest BCUT2D eigenvalue weighted by molar-refractivity contribution is 6.34. The monoisotopic (exact) mass is 427 g/mol. The van der Waals surface area contributed by atoms with Crippen molar-refractivity contribution < 1.29 is 23.8 Å². The van der Waals surface area contributed by atoms with Gasteiger partial charge in [0.15, 0.2) is 0 Å². The molecule has 0 radical (unpaired) electrons. The molecule has 1 atom stereocenters. The van der Waals surface area contributed by atoms with E-state index < -0.39 is 5.97 Å². The van der Waals surface area contributed by atoms with Crippen molar-refractivity contribution in [3.63, 3.8) is 0 Å². The zero-order valence-corrected chi connectivity index (χ0v) is 18.4. The molecule has 0 spiro atoms. The number of aryl methyl sites for hydroxylation is 1. The molecule has 31 heavy (non-hydrogen) atoms. The van der Waals surface area contributed by atoms with Gasteiger partial charge >= 0.3 is 5.97 Å². The minimum absolute atomic E-state index is 0.179. The molecule has 1 aliphatic rings. The van der Waals surface area contributed by atoms with Crippen LogP contribution in [0.4, 0.5) is 5.69 Å². The number of unbranched alkanes of at least 4 members (excludes halogenated alkanes) is 1. The van der Waals surface area contributed by atoms with Gasteiger partial charge in [-0.3, -0.25) is 4.79 Å². The van der Waals surface area contributed by atoms with E-state index in [1.165, 1.54) is 0 Å². The zero-order chi connectivity index (χ0) is 22.4. The minimum atomic E-state index is -0.445. The highest BCUT2D eigenvalue weighted by atomic mass is 16.5. The van der Waals surface area contributed by atoms with Crippen LogP contribution in [0.5, 0.6) is 5.88 Å². The molecule has 0 fully saturated rings. The Morgan fingerprint density at radius 1 is 1.29 bits per heavy atom. The van der Waals surface area contributed by atoms with Crippen molar-refractivity contribution >= 4 is 29.2 Å². The lowest BCUT2D eigenvalue weighted by Gasteiger charge is -2.14. The average molecular weight is 428 g/mol. The minimum Gasteiger partial charge on any atom is -0.472 e. The topological polar surface area (TPSA) is 103 Å². The van der Waals surface area contributed by atoms with Gasteiger partial charge in [-0.2, -0.15) is 0 Å². The Bertz CT molecular complexity index is 980. The standard InChI is InChI=1S/C23H29N3O5/c1-5-7-10-29-13-15(4)31-20-9-8-18-21(26-20)17(22(27)25-18)12-19-16(11-14(3)24-19)23(28)30-6-2/h8-9,11-12,15,24H,5-7,10,13H2,1-4H3,(H,25,27)/b17-12-/t15-/m0/s1. The summed E-state index contributed by atoms with van der Waals surface area (Å²) in [5.74, 6) is -0.335. The maximum atomic E-state index is 12.6. The highest BCUT2D eigenvalue weighted by Gasteiger charge is 2.28. The van der Waals surface area contributed by atoms with Crippen LogP contribution >= 0.6 is 0 Å². The summed E-state index contributed by atoms with van der Waals surface area (Å²) in [6, 6.07) is 5.17. The molecule has 8 nitrogen and oxygen atoms in total. The van der Waals surface area contributed by atoms with Gasteiger partial charge in [-0.15, -0.1) is 0 Å². The number of hydrogen-bond donors (Lipinski definition) is 2. The SMILES string of the molecule is CCCCOC[C@H](C)Oc1ccc2c(n1)/C(=C/c1[nH]c(C)cc1C(=O)OCC)C(=O)N2. The summed E-state index contributed by atoms with van der Waals surface area (Å²) >= 11 is 0. The molecule has 3 rings (SSSR count). The average Bonchev–Trinajstić information content (AvgIpc) is 3.25. The number of nitrogens with zero attached hydrogens (tertiary/aromatic N) is 1. The summed E-state index contributed by atoms with van der Waals surface area (Å²) in [6.45, 7) is 9.04. The van der Waals surface area contributed by atoms with Crippen LogP contribution in [-0.4, -0.2) is 47.8 Å². The maximum absolute atomic E-state index is 12.6. The summed E-state index contributed by atoms with van der Waals surface area (Å²) < 4.78 is 16.6. The van der Waals surface area contributed by atoms with Crippen LogP contribution in [-0.2, 0) is 14.3 Å². The second-order valence-electron chi connectivity index (χ2n) is 7.41. The quantitative estimate of drug-likeness (QED) is 0.338. The van der Waals surface area contributed by atoms with Gasteiger partial charge < -0.3 is 24.5 Å². The highest BCUT2D eigenvalue weighted by Crippen LogP contribution is 2.33. The van der Waals surface area contributed by atoms with E-state index in [1.807, 2.05) is 13.8 Å². The summed E-state index contributed by atoms with van der Waals surface area (Å²) in [5.41, 5.74) is 3.08. The molecule has 2 aromatic rings. The zero-order valence-electron chi connectivity index (χ0n) is 18.4. The third-order valence-electron chi connectivity index (χ3n) is 4.70. The smallest absolute Gasteiger partial charge is 0.340 e. The Balaban J connectivity index is 1.82. The molecule has 3 heterocycles. The number of nitrogens with one attached hydrogen (secondary N) is 2. The number of carbonyl (C=O) groups is 2. The number of pyridine rings is 1. The Kier molecular flexibility index (Phi) is 7.46. The number of aromatic nitrogens is 2. The van der Waals surface area contributed by atoms with E-state index in [0.717, 1.165) is 18.5 Å². The van der Waals surface area contributed by atoms with E-state index in [2.05, 4.69) is 22.2 Å². The molecule has 0 bridgehead atoms. The van der Waals surface area contributed by atoms with E-state index in [1.54, 1.807) is 31.2 Å². The number of fused-ring (bicyclic) bond motifs is 1. The Morgan fingerprint density at radius 2 is 2.10 bits per heavy atom. The number of rotatable bonds is 10. The molecule has 0 saturated heterocycles. The van der Waals surface area contributed by atoms with Crippen molar-refractivity contribution in [2.45, 2.75) is 46.6 Å². The molecule has 1 amide bonds. The number of aromatic amines is 1. The number of hydrogen-bond acceptors (Lipinski definition) is 6.